The second-order valence-corrected chi connectivity index (χ2v) is 4.18. The van der Waals surface area contributed by atoms with Crippen LogP contribution in [0.2, 0.25) is 0 Å². The van der Waals surface area contributed by atoms with Crippen LogP contribution in [-0.2, 0) is 4.74 Å². The maximum Gasteiger partial charge on any atom is 0.410 e. The van der Waals surface area contributed by atoms with E-state index in [1.807, 2.05) is 48.5 Å². The summed E-state index contributed by atoms with van der Waals surface area (Å²) >= 11 is 0. The van der Waals surface area contributed by atoms with Crippen molar-refractivity contribution in [3.05, 3.63) is 0 Å². The Bertz CT molecular complexity index is 159. The van der Waals surface area contributed by atoms with Gasteiger partial charge in [0.2, 0.25) is 0 Å². The highest BCUT2D eigenvalue weighted by molar-refractivity contribution is 5.68. The van der Waals surface area contributed by atoms with Crippen molar-refractivity contribution in [1.82, 2.24) is 4.90 Å². The molecule has 0 radical (unpaired) electrons. The number of amides is 1. The molecular weight excluding hydrogens is 178 g/mol. The van der Waals surface area contributed by atoms with E-state index in [0.717, 1.165) is 0 Å². The Labute approximate surface area is 88.4 Å². The van der Waals surface area contributed by atoms with Crippen molar-refractivity contribution in [3.8, 4) is 0 Å². The number of hydrogen-bond acceptors (Lipinski definition) is 2. The maximum absolute atomic E-state index is 11.3. The Morgan fingerprint density at radius 2 is 1.57 bits per heavy atom. The van der Waals surface area contributed by atoms with Gasteiger partial charge in [0.1, 0.15) is 5.60 Å². The molecule has 0 unspecified atom stereocenters. The summed E-state index contributed by atoms with van der Waals surface area (Å²) in [6, 6.07) is 0.180. The van der Waals surface area contributed by atoms with Crippen molar-refractivity contribution in [2.24, 2.45) is 0 Å². The van der Waals surface area contributed by atoms with Gasteiger partial charge >= 0.3 is 6.09 Å². The Balaban J connectivity index is 0. The highest BCUT2D eigenvalue weighted by atomic mass is 16.6. The summed E-state index contributed by atoms with van der Waals surface area (Å²) in [5.41, 5.74) is -0.403. The molecule has 0 atom stereocenters. The highest BCUT2D eigenvalue weighted by Crippen LogP contribution is 2.10. The average Bonchev–Trinajstić information content (AvgIpc) is 2.03. The van der Waals surface area contributed by atoms with Crippen molar-refractivity contribution in [1.29, 1.82) is 0 Å². The van der Waals surface area contributed by atoms with E-state index in [1.54, 1.807) is 11.9 Å². The fourth-order valence-corrected chi connectivity index (χ4v) is 0.545. The number of carbonyl (C=O) groups excluding carboxylic acids is 1. The molecule has 3 nitrogen and oxygen atoms in total. The maximum atomic E-state index is 11.3. The molecule has 86 valence electrons. The Kier molecular flexibility index (Phi) is 7.51. The smallest absolute Gasteiger partial charge is 0.410 e. The molecule has 0 aliphatic rings. The molecular formula is C11H25NO2. The highest BCUT2D eigenvalue weighted by Gasteiger charge is 2.20. The normalized spacial score (nSPS) is 10.4. The first kappa shape index (κ1) is 15.7. The summed E-state index contributed by atoms with van der Waals surface area (Å²) in [5.74, 6) is 0. The van der Waals surface area contributed by atoms with Crippen LogP contribution in [0.15, 0.2) is 0 Å². The number of rotatable bonds is 1. The van der Waals surface area contributed by atoms with Crippen LogP contribution in [0.4, 0.5) is 4.79 Å². The van der Waals surface area contributed by atoms with E-state index in [9.17, 15) is 4.79 Å². The fraction of sp³-hybridized carbons (Fsp3) is 0.909. The molecule has 1 amide bonds. The lowest BCUT2D eigenvalue weighted by molar-refractivity contribution is 0.0249. The monoisotopic (exact) mass is 203 g/mol. The van der Waals surface area contributed by atoms with Gasteiger partial charge in [-0.2, -0.15) is 0 Å². The minimum absolute atomic E-state index is 0.180. The lowest BCUT2D eigenvalue weighted by Crippen LogP contribution is -2.38. The summed E-state index contributed by atoms with van der Waals surface area (Å²) in [6.45, 7) is 13.5. The van der Waals surface area contributed by atoms with E-state index < -0.39 is 5.60 Å². The molecule has 0 saturated heterocycles. The zero-order chi connectivity index (χ0) is 11.9. The Morgan fingerprint density at radius 1 is 1.21 bits per heavy atom. The van der Waals surface area contributed by atoms with Gasteiger partial charge < -0.3 is 9.64 Å². The first-order chi connectivity index (χ1) is 6.24. The standard InChI is InChI=1S/C9H19NO2.C2H6/c1-7(2)10(6)8(11)12-9(3,4)5;1-2/h7H,1-6H3;1-2H3. The minimum Gasteiger partial charge on any atom is -0.444 e. The van der Waals surface area contributed by atoms with Crippen LogP contribution in [0.25, 0.3) is 0 Å². The second-order valence-electron chi connectivity index (χ2n) is 4.18. The molecule has 0 aromatic heterocycles. The van der Waals surface area contributed by atoms with Crippen LogP contribution in [0.5, 0.6) is 0 Å². The Hall–Kier alpha value is -0.730. The van der Waals surface area contributed by atoms with E-state index >= 15 is 0 Å². The molecule has 0 rings (SSSR count). The lowest BCUT2D eigenvalue weighted by Gasteiger charge is -2.26. The zero-order valence-electron chi connectivity index (χ0n) is 10.8. The quantitative estimate of drug-likeness (QED) is 0.654. The summed E-state index contributed by atoms with van der Waals surface area (Å²) in [4.78, 5) is 12.9. The van der Waals surface area contributed by atoms with Gasteiger partial charge in [-0.05, 0) is 34.6 Å². The molecule has 0 aromatic rings. The van der Waals surface area contributed by atoms with E-state index in [1.165, 1.54) is 0 Å². The minimum atomic E-state index is -0.403. The third kappa shape index (κ3) is 7.90. The van der Waals surface area contributed by atoms with Crippen LogP contribution >= 0.6 is 0 Å². The molecule has 0 N–H and O–H groups in total. The molecule has 0 saturated carbocycles. The van der Waals surface area contributed by atoms with E-state index in [-0.39, 0.29) is 12.1 Å². The van der Waals surface area contributed by atoms with Gasteiger partial charge in [0.25, 0.3) is 0 Å². The molecule has 14 heavy (non-hydrogen) atoms. The molecule has 0 heterocycles. The van der Waals surface area contributed by atoms with Gasteiger partial charge in [-0.15, -0.1) is 0 Å². The number of carbonyl (C=O) groups is 1. The summed E-state index contributed by atoms with van der Waals surface area (Å²) in [5, 5.41) is 0. The summed E-state index contributed by atoms with van der Waals surface area (Å²) < 4.78 is 5.15. The largest absolute Gasteiger partial charge is 0.444 e. The number of ether oxygens (including phenoxy) is 1. The first-order valence-corrected chi connectivity index (χ1v) is 5.20. The topological polar surface area (TPSA) is 29.5 Å². The summed E-state index contributed by atoms with van der Waals surface area (Å²) in [6.07, 6.45) is -0.266. The number of nitrogens with zero attached hydrogens (tertiary/aromatic N) is 1. The number of hydrogen-bond donors (Lipinski definition) is 0. The summed E-state index contributed by atoms with van der Waals surface area (Å²) in [7, 11) is 1.73. The molecule has 0 aliphatic carbocycles. The Morgan fingerprint density at radius 3 is 1.79 bits per heavy atom. The van der Waals surface area contributed by atoms with Crippen LogP contribution in [-0.4, -0.2) is 29.7 Å². The van der Waals surface area contributed by atoms with Gasteiger partial charge in [0.05, 0.1) is 0 Å². The zero-order valence-corrected chi connectivity index (χ0v) is 10.8. The fourth-order valence-electron chi connectivity index (χ4n) is 0.545. The van der Waals surface area contributed by atoms with Crippen molar-refractivity contribution >= 4 is 6.09 Å². The van der Waals surface area contributed by atoms with Gasteiger partial charge in [0, 0.05) is 13.1 Å². The van der Waals surface area contributed by atoms with Crippen LogP contribution in [0, 0.1) is 0 Å². The predicted molar refractivity (Wildman–Crippen MR) is 60.5 cm³/mol. The molecule has 3 heteroatoms. The van der Waals surface area contributed by atoms with Crippen LogP contribution < -0.4 is 0 Å². The van der Waals surface area contributed by atoms with E-state index in [2.05, 4.69) is 0 Å². The van der Waals surface area contributed by atoms with Crippen LogP contribution in [0.1, 0.15) is 48.5 Å². The molecule has 0 aliphatic heterocycles. The molecule has 0 spiro atoms. The SMILES string of the molecule is CC.CC(C)N(C)C(=O)OC(C)(C)C. The van der Waals surface area contributed by atoms with Crippen molar-refractivity contribution in [2.75, 3.05) is 7.05 Å². The lowest BCUT2D eigenvalue weighted by atomic mass is 10.2. The van der Waals surface area contributed by atoms with E-state index in [0.29, 0.717) is 0 Å². The predicted octanol–water partition coefficient (Wildman–Crippen LogP) is 3.29. The molecule has 0 bridgehead atoms. The van der Waals surface area contributed by atoms with E-state index in [4.69, 9.17) is 4.74 Å². The third-order valence-electron chi connectivity index (χ3n) is 1.46. The van der Waals surface area contributed by atoms with Gasteiger partial charge in [-0.1, -0.05) is 13.8 Å². The molecule has 0 fully saturated rings. The van der Waals surface area contributed by atoms with Gasteiger partial charge in [-0.25, -0.2) is 4.79 Å². The van der Waals surface area contributed by atoms with Crippen molar-refractivity contribution in [3.63, 3.8) is 0 Å². The van der Waals surface area contributed by atoms with Crippen molar-refractivity contribution in [2.45, 2.75) is 60.1 Å². The van der Waals surface area contributed by atoms with Gasteiger partial charge in [0.15, 0.2) is 0 Å². The van der Waals surface area contributed by atoms with Crippen LogP contribution in [0.3, 0.4) is 0 Å². The first-order valence-electron chi connectivity index (χ1n) is 5.20. The van der Waals surface area contributed by atoms with Gasteiger partial charge in [-0.3, -0.25) is 0 Å². The second kappa shape index (κ2) is 6.68. The van der Waals surface area contributed by atoms with Crippen molar-refractivity contribution < 1.29 is 9.53 Å². The third-order valence-corrected chi connectivity index (χ3v) is 1.46. The average molecular weight is 203 g/mol. The molecule has 0 aromatic carbocycles.